The fourth-order valence-electron chi connectivity index (χ4n) is 1.89. The number of carbonyl (C=O) groups excluding carboxylic acids is 1. The maximum absolute atomic E-state index is 12.4. The lowest BCUT2D eigenvalue weighted by Gasteiger charge is -2.25. The number of rotatable bonds is 8. The number of thioether (sulfide) groups is 1. The summed E-state index contributed by atoms with van der Waals surface area (Å²) in [5.74, 6) is 1.18. The van der Waals surface area contributed by atoms with E-state index in [1.807, 2.05) is 48.0 Å². The van der Waals surface area contributed by atoms with Gasteiger partial charge in [0.15, 0.2) is 0 Å². The number of benzene rings is 1. The van der Waals surface area contributed by atoms with Gasteiger partial charge in [-0.15, -0.1) is 0 Å². The van der Waals surface area contributed by atoms with Crippen LogP contribution in [-0.4, -0.2) is 42.4 Å². The van der Waals surface area contributed by atoms with Crippen molar-refractivity contribution in [3.63, 3.8) is 0 Å². The SMILES string of the molecule is CCCNc1ccc(C(=O)N(C)C(C)CCSC)cc1. The van der Waals surface area contributed by atoms with E-state index < -0.39 is 0 Å². The van der Waals surface area contributed by atoms with Gasteiger partial charge in [0.1, 0.15) is 0 Å². The average molecular weight is 294 g/mol. The van der Waals surface area contributed by atoms with E-state index in [1.54, 1.807) is 0 Å². The highest BCUT2D eigenvalue weighted by atomic mass is 32.2. The van der Waals surface area contributed by atoms with E-state index in [9.17, 15) is 4.79 Å². The molecule has 1 aromatic rings. The maximum atomic E-state index is 12.4. The standard InChI is InChI=1S/C16H26N2OS/c1-5-11-17-15-8-6-14(7-9-15)16(19)18(3)13(2)10-12-20-4/h6-9,13,17H,5,10-12H2,1-4H3. The van der Waals surface area contributed by atoms with Gasteiger partial charge in [-0.2, -0.15) is 11.8 Å². The Labute approximate surface area is 127 Å². The third-order valence-electron chi connectivity index (χ3n) is 3.43. The summed E-state index contributed by atoms with van der Waals surface area (Å²) in [4.78, 5) is 14.2. The molecule has 4 heteroatoms. The summed E-state index contributed by atoms with van der Waals surface area (Å²) >= 11 is 1.82. The van der Waals surface area contributed by atoms with Crippen LogP contribution in [0.25, 0.3) is 0 Å². The monoisotopic (exact) mass is 294 g/mol. The summed E-state index contributed by atoms with van der Waals surface area (Å²) in [6.45, 7) is 5.19. The van der Waals surface area contributed by atoms with Crippen molar-refractivity contribution in [3.05, 3.63) is 29.8 Å². The highest BCUT2D eigenvalue weighted by Crippen LogP contribution is 2.14. The molecule has 0 aliphatic carbocycles. The summed E-state index contributed by atoms with van der Waals surface area (Å²) in [6, 6.07) is 8.02. The molecular formula is C16H26N2OS. The minimum Gasteiger partial charge on any atom is -0.385 e. The predicted molar refractivity (Wildman–Crippen MR) is 89.8 cm³/mol. The van der Waals surface area contributed by atoms with Crippen molar-refractivity contribution in [2.24, 2.45) is 0 Å². The smallest absolute Gasteiger partial charge is 0.253 e. The average Bonchev–Trinajstić information content (AvgIpc) is 2.49. The number of amides is 1. The summed E-state index contributed by atoms with van der Waals surface area (Å²) < 4.78 is 0. The first-order chi connectivity index (χ1) is 9.60. The lowest BCUT2D eigenvalue weighted by atomic mass is 10.1. The van der Waals surface area contributed by atoms with E-state index in [4.69, 9.17) is 0 Å². The van der Waals surface area contributed by atoms with Crippen LogP contribution in [0.3, 0.4) is 0 Å². The van der Waals surface area contributed by atoms with Gasteiger partial charge in [-0.3, -0.25) is 4.79 Å². The van der Waals surface area contributed by atoms with E-state index in [0.29, 0.717) is 0 Å². The zero-order valence-electron chi connectivity index (χ0n) is 13.0. The van der Waals surface area contributed by atoms with Crippen molar-refractivity contribution >= 4 is 23.4 Å². The van der Waals surface area contributed by atoms with Crippen LogP contribution in [-0.2, 0) is 0 Å². The Hall–Kier alpha value is -1.16. The zero-order valence-corrected chi connectivity index (χ0v) is 13.8. The van der Waals surface area contributed by atoms with Crippen molar-refractivity contribution in [1.82, 2.24) is 4.90 Å². The molecule has 1 N–H and O–H groups in total. The molecule has 1 amide bonds. The molecule has 0 aliphatic heterocycles. The van der Waals surface area contributed by atoms with E-state index in [-0.39, 0.29) is 11.9 Å². The highest BCUT2D eigenvalue weighted by molar-refractivity contribution is 7.98. The molecule has 0 bridgehead atoms. The van der Waals surface area contributed by atoms with Crippen LogP contribution in [0.5, 0.6) is 0 Å². The van der Waals surface area contributed by atoms with Crippen LogP contribution in [0.1, 0.15) is 37.0 Å². The molecule has 0 saturated carbocycles. The molecule has 0 spiro atoms. The first kappa shape index (κ1) is 16.9. The lowest BCUT2D eigenvalue weighted by molar-refractivity contribution is 0.0741. The molecule has 0 saturated heterocycles. The van der Waals surface area contributed by atoms with Crippen LogP contribution in [0.4, 0.5) is 5.69 Å². The van der Waals surface area contributed by atoms with Crippen LogP contribution in [0.15, 0.2) is 24.3 Å². The summed E-state index contributed by atoms with van der Waals surface area (Å²) in [5, 5.41) is 3.31. The summed E-state index contributed by atoms with van der Waals surface area (Å²) in [6.07, 6.45) is 4.21. The van der Waals surface area contributed by atoms with Gasteiger partial charge in [-0.25, -0.2) is 0 Å². The largest absolute Gasteiger partial charge is 0.385 e. The quantitative estimate of drug-likeness (QED) is 0.793. The normalized spacial score (nSPS) is 12.0. The molecule has 0 aliphatic rings. The van der Waals surface area contributed by atoms with Gasteiger partial charge in [0.05, 0.1) is 0 Å². The minimum atomic E-state index is 0.0978. The third kappa shape index (κ3) is 5.08. The second kappa shape index (κ2) is 8.90. The number of hydrogen-bond donors (Lipinski definition) is 1. The van der Waals surface area contributed by atoms with Gasteiger partial charge in [-0.1, -0.05) is 6.92 Å². The Morgan fingerprint density at radius 2 is 2.00 bits per heavy atom. The molecule has 1 aromatic carbocycles. The number of anilines is 1. The van der Waals surface area contributed by atoms with E-state index in [0.717, 1.165) is 36.4 Å². The van der Waals surface area contributed by atoms with E-state index in [2.05, 4.69) is 25.4 Å². The Morgan fingerprint density at radius 1 is 1.35 bits per heavy atom. The molecule has 1 atom stereocenters. The lowest BCUT2D eigenvalue weighted by Crippen LogP contribution is -2.35. The Morgan fingerprint density at radius 3 is 2.55 bits per heavy atom. The minimum absolute atomic E-state index is 0.0978. The van der Waals surface area contributed by atoms with E-state index in [1.165, 1.54) is 0 Å². The van der Waals surface area contributed by atoms with Crippen molar-refractivity contribution in [3.8, 4) is 0 Å². The second-order valence-corrected chi connectivity index (χ2v) is 6.04. The second-order valence-electron chi connectivity index (χ2n) is 5.05. The van der Waals surface area contributed by atoms with Gasteiger partial charge in [0.2, 0.25) is 0 Å². The van der Waals surface area contributed by atoms with Crippen LogP contribution < -0.4 is 5.32 Å². The molecule has 1 unspecified atom stereocenters. The van der Waals surface area contributed by atoms with Crippen LogP contribution >= 0.6 is 11.8 Å². The van der Waals surface area contributed by atoms with Crippen molar-refractivity contribution in [2.45, 2.75) is 32.7 Å². The third-order valence-corrected chi connectivity index (χ3v) is 4.08. The molecule has 0 aromatic heterocycles. The van der Waals surface area contributed by atoms with Gasteiger partial charge in [0, 0.05) is 30.9 Å². The number of hydrogen-bond acceptors (Lipinski definition) is 3. The molecule has 1 rings (SSSR count). The fraction of sp³-hybridized carbons (Fsp3) is 0.562. The highest BCUT2D eigenvalue weighted by Gasteiger charge is 2.16. The summed E-state index contributed by atoms with van der Waals surface area (Å²) in [5.41, 5.74) is 1.83. The van der Waals surface area contributed by atoms with Crippen LogP contribution in [0.2, 0.25) is 0 Å². The number of nitrogens with zero attached hydrogens (tertiary/aromatic N) is 1. The molecular weight excluding hydrogens is 268 g/mol. The molecule has 20 heavy (non-hydrogen) atoms. The molecule has 112 valence electrons. The first-order valence-corrected chi connectivity index (χ1v) is 8.59. The van der Waals surface area contributed by atoms with Gasteiger partial charge in [0.25, 0.3) is 5.91 Å². The molecule has 3 nitrogen and oxygen atoms in total. The Bertz CT molecular complexity index is 405. The maximum Gasteiger partial charge on any atom is 0.253 e. The molecule has 0 radical (unpaired) electrons. The Balaban J connectivity index is 2.62. The Kier molecular flexibility index (Phi) is 7.52. The summed E-state index contributed by atoms with van der Waals surface area (Å²) in [7, 11) is 1.89. The predicted octanol–water partition coefficient (Wildman–Crippen LogP) is 3.72. The van der Waals surface area contributed by atoms with Crippen molar-refractivity contribution < 1.29 is 4.79 Å². The van der Waals surface area contributed by atoms with Crippen LogP contribution in [0, 0.1) is 0 Å². The fourth-order valence-corrected chi connectivity index (χ4v) is 2.46. The molecule has 0 heterocycles. The van der Waals surface area contributed by atoms with Gasteiger partial charge < -0.3 is 10.2 Å². The topological polar surface area (TPSA) is 32.3 Å². The number of nitrogens with one attached hydrogen (secondary N) is 1. The van der Waals surface area contributed by atoms with Crippen molar-refractivity contribution in [1.29, 1.82) is 0 Å². The first-order valence-electron chi connectivity index (χ1n) is 7.20. The number of carbonyl (C=O) groups is 1. The zero-order chi connectivity index (χ0) is 15.0. The van der Waals surface area contributed by atoms with Gasteiger partial charge >= 0.3 is 0 Å². The van der Waals surface area contributed by atoms with E-state index >= 15 is 0 Å². The van der Waals surface area contributed by atoms with Gasteiger partial charge in [-0.05, 0) is 56.0 Å². The van der Waals surface area contributed by atoms with Crippen molar-refractivity contribution in [2.75, 3.05) is 30.9 Å². The molecule has 0 fully saturated rings.